The summed E-state index contributed by atoms with van der Waals surface area (Å²) in [6.07, 6.45) is 0. The highest BCUT2D eigenvalue weighted by Gasteiger charge is 2.03. The first-order valence-corrected chi connectivity index (χ1v) is 6.47. The number of carbonyl (C=O) groups is 1. The Kier molecular flexibility index (Phi) is 4.07. The molecule has 0 fully saturated rings. The van der Waals surface area contributed by atoms with Crippen LogP contribution in [0.25, 0.3) is 20.2 Å². The molecule has 0 bridgehead atoms. The van der Waals surface area contributed by atoms with Crippen molar-refractivity contribution >= 4 is 48.9 Å². The fourth-order valence-corrected chi connectivity index (χ4v) is 2.82. The summed E-state index contributed by atoms with van der Waals surface area (Å²) in [5.74, 6) is 0.222. The molecular formula is C14H9ClO2S. The van der Waals surface area contributed by atoms with Crippen LogP contribution < -0.4 is 5.43 Å². The molecule has 0 atom stereocenters. The topological polar surface area (TPSA) is 34.1 Å². The zero-order chi connectivity index (χ0) is 13.0. The van der Waals surface area contributed by atoms with Crippen LogP contribution in [-0.4, -0.2) is 5.75 Å². The monoisotopic (exact) mass is 276 g/mol. The van der Waals surface area contributed by atoms with E-state index >= 15 is 0 Å². The van der Waals surface area contributed by atoms with Gasteiger partial charge in [0.05, 0.1) is 0 Å². The van der Waals surface area contributed by atoms with Gasteiger partial charge in [0.25, 0.3) is 0 Å². The third-order valence-corrected chi connectivity index (χ3v) is 3.64. The first-order chi connectivity index (χ1) is 8.77. The lowest BCUT2D eigenvalue weighted by Gasteiger charge is -1.99. The van der Waals surface area contributed by atoms with E-state index in [0.29, 0.717) is 0 Å². The summed E-state index contributed by atoms with van der Waals surface area (Å²) in [6.45, 7) is 0. The standard InChI is InChI=1S/C13H8OS.CHClO/c14-13-9-5-1-3-7-11(9)15-12-8-4-2-6-10(12)13;2-1-3/h1-8H;1H. The van der Waals surface area contributed by atoms with E-state index in [9.17, 15) is 4.79 Å². The lowest BCUT2D eigenvalue weighted by Crippen LogP contribution is -1.99. The van der Waals surface area contributed by atoms with Crippen LogP contribution in [0.5, 0.6) is 0 Å². The molecule has 0 radical (unpaired) electrons. The molecule has 1 aromatic heterocycles. The summed E-state index contributed by atoms with van der Waals surface area (Å²) in [5, 5.41) is 1.64. The molecule has 0 saturated carbocycles. The second kappa shape index (κ2) is 5.76. The highest BCUT2D eigenvalue weighted by molar-refractivity contribution is 7.24. The van der Waals surface area contributed by atoms with Crippen molar-refractivity contribution in [1.82, 2.24) is 0 Å². The van der Waals surface area contributed by atoms with Crippen LogP contribution in [0.2, 0.25) is 0 Å². The molecule has 2 nitrogen and oxygen atoms in total. The van der Waals surface area contributed by atoms with Gasteiger partial charge in [0.2, 0.25) is 5.75 Å². The number of rotatable bonds is 0. The second-order valence-electron chi connectivity index (χ2n) is 3.51. The van der Waals surface area contributed by atoms with Crippen LogP contribution in [0.3, 0.4) is 0 Å². The molecular weight excluding hydrogens is 268 g/mol. The van der Waals surface area contributed by atoms with Gasteiger partial charge in [-0.15, -0.1) is 11.3 Å². The summed E-state index contributed by atoms with van der Waals surface area (Å²) >= 11 is 5.98. The minimum absolute atomic E-state index is 0.139. The Morgan fingerprint density at radius 3 is 1.72 bits per heavy atom. The Bertz CT molecular complexity index is 692. The number of hydrogen-bond acceptors (Lipinski definition) is 3. The molecule has 90 valence electrons. The van der Waals surface area contributed by atoms with Crippen molar-refractivity contribution in [1.29, 1.82) is 0 Å². The van der Waals surface area contributed by atoms with Gasteiger partial charge >= 0.3 is 0 Å². The molecule has 0 saturated heterocycles. The molecule has 0 amide bonds. The molecule has 4 heteroatoms. The van der Waals surface area contributed by atoms with Crippen molar-refractivity contribution in [3.8, 4) is 0 Å². The lowest BCUT2D eigenvalue weighted by molar-refractivity contribution is 0.569. The molecule has 3 aromatic rings. The first-order valence-electron chi connectivity index (χ1n) is 5.22. The highest BCUT2D eigenvalue weighted by atomic mass is 35.5. The maximum atomic E-state index is 12.1. The van der Waals surface area contributed by atoms with Gasteiger partial charge in [-0.25, -0.2) is 0 Å². The highest BCUT2D eigenvalue weighted by Crippen LogP contribution is 2.23. The van der Waals surface area contributed by atoms with Gasteiger partial charge in [0.1, 0.15) is 0 Å². The van der Waals surface area contributed by atoms with Gasteiger partial charge in [-0.3, -0.25) is 9.59 Å². The van der Waals surface area contributed by atoms with E-state index in [0.717, 1.165) is 20.2 Å². The third-order valence-electron chi connectivity index (χ3n) is 2.48. The minimum Gasteiger partial charge on any atom is -0.289 e. The zero-order valence-electron chi connectivity index (χ0n) is 9.30. The maximum Gasteiger partial charge on any atom is 0.208 e. The van der Waals surface area contributed by atoms with Crippen molar-refractivity contribution in [3.63, 3.8) is 0 Å². The Balaban J connectivity index is 0.000000367. The van der Waals surface area contributed by atoms with Crippen LogP contribution in [0.4, 0.5) is 0 Å². The number of benzene rings is 2. The average Bonchev–Trinajstić information content (AvgIpc) is 2.40. The maximum absolute atomic E-state index is 12.1. The average molecular weight is 277 g/mol. The number of halogens is 1. The lowest BCUT2D eigenvalue weighted by atomic mass is 10.2. The van der Waals surface area contributed by atoms with Crippen molar-refractivity contribution in [2.24, 2.45) is 0 Å². The van der Waals surface area contributed by atoms with E-state index in [1.807, 2.05) is 48.5 Å². The van der Waals surface area contributed by atoms with Crippen molar-refractivity contribution in [2.45, 2.75) is 0 Å². The van der Waals surface area contributed by atoms with E-state index in [1.165, 1.54) is 0 Å². The smallest absolute Gasteiger partial charge is 0.208 e. The zero-order valence-corrected chi connectivity index (χ0v) is 10.9. The minimum atomic E-state index is 0.139. The molecule has 0 unspecified atom stereocenters. The Morgan fingerprint density at radius 1 is 0.889 bits per heavy atom. The summed E-state index contributed by atoms with van der Waals surface area (Å²) in [4.78, 5) is 20.7. The van der Waals surface area contributed by atoms with E-state index in [4.69, 9.17) is 4.79 Å². The van der Waals surface area contributed by atoms with Crippen molar-refractivity contribution < 1.29 is 4.79 Å². The molecule has 0 aliphatic carbocycles. The predicted octanol–water partition coefficient (Wildman–Crippen LogP) is 3.83. The van der Waals surface area contributed by atoms with Gasteiger partial charge in [0.15, 0.2) is 5.43 Å². The molecule has 0 aliphatic rings. The van der Waals surface area contributed by atoms with Gasteiger partial charge < -0.3 is 0 Å². The summed E-state index contributed by atoms with van der Waals surface area (Å²) in [6, 6.07) is 15.5. The molecule has 0 N–H and O–H groups in total. The Labute approximate surface area is 112 Å². The number of carbonyl (C=O) groups excluding carboxylic acids is 1. The number of fused-ring (bicyclic) bond motifs is 2. The van der Waals surface area contributed by atoms with Crippen LogP contribution in [0.15, 0.2) is 53.3 Å². The third kappa shape index (κ3) is 2.42. The molecule has 18 heavy (non-hydrogen) atoms. The first kappa shape index (κ1) is 12.7. The van der Waals surface area contributed by atoms with Gasteiger partial charge in [-0.05, 0) is 35.9 Å². The summed E-state index contributed by atoms with van der Waals surface area (Å²) in [7, 11) is 0. The number of hydrogen-bond donors (Lipinski definition) is 0. The SMILES string of the molecule is O=CCl.O=c1c2ccccc2sc2ccccc12. The van der Waals surface area contributed by atoms with Gasteiger partial charge in [-0.2, -0.15) is 0 Å². The van der Waals surface area contributed by atoms with Crippen LogP contribution >= 0.6 is 22.9 Å². The fourth-order valence-electron chi connectivity index (χ4n) is 1.75. The van der Waals surface area contributed by atoms with E-state index in [-0.39, 0.29) is 11.2 Å². The summed E-state index contributed by atoms with van der Waals surface area (Å²) in [5.41, 5.74) is 0.139. The fraction of sp³-hybridized carbons (Fsp3) is 0. The Hall–Kier alpha value is -1.71. The second-order valence-corrected chi connectivity index (χ2v) is 4.77. The summed E-state index contributed by atoms with van der Waals surface area (Å²) < 4.78 is 2.11. The molecule has 2 aromatic carbocycles. The largest absolute Gasteiger partial charge is 0.289 e. The van der Waals surface area contributed by atoms with E-state index in [2.05, 4.69) is 11.6 Å². The van der Waals surface area contributed by atoms with Gasteiger partial charge in [-0.1, -0.05) is 24.3 Å². The predicted molar refractivity (Wildman–Crippen MR) is 78.2 cm³/mol. The van der Waals surface area contributed by atoms with Crippen molar-refractivity contribution in [2.75, 3.05) is 0 Å². The van der Waals surface area contributed by atoms with E-state index in [1.54, 1.807) is 11.3 Å². The van der Waals surface area contributed by atoms with Crippen LogP contribution in [0.1, 0.15) is 0 Å². The normalized spacial score (nSPS) is 9.83. The Morgan fingerprint density at radius 2 is 1.28 bits per heavy atom. The van der Waals surface area contributed by atoms with Crippen molar-refractivity contribution in [3.05, 3.63) is 58.8 Å². The molecule has 0 aliphatic heterocycles. The van der Waals surface area contributed by atoms with E-state index < -0.39 is 0 Å². The molecule has 1 heterocycles. The quantitative estimate of drug-likeness (QED) is 0.355. The van der Waals surface area contributed by atoms with Crippen LogP contribution in [0, 0.1) is 0 Å². The van der Waals surface area contributed by atoms with Gasteiger partial charge in [0, 0.05) is 20.2 Å². The molecule has 3 rings (SSSR count). The molecule has 0 spiro atoms. The van der Waals surface area contributed by atoms with Crippen LogP contribution in [-0.2, 0) is 4.79 Å².